The summed E-state index contributed by atoms with van der Waals surface area (Å²) >= 11 is 1.30. The summed E-state index contributed by atoms with van der Waals surface area (Å²) in [5.41, 5.74) is 0.184. The smallest absolute Gasteiger partial charge is 0.338 e. The first kappa shape index (κ1) is 11.1. The van der Waals surface area contributed by atoms with Crippen molar-refractivity contribution >= 4 is 28.2 Å². The van der Waals surface area contributed by atoms with Crippen molar-refractivity contribution in [2.75, 3.05) is 5.32 Å². The zero-order chi connectivity index (χ0) is 11.9. The largest absolute Gasteiger partial charge is 0.478 e. The number of anilines is 1. The first-order valence-corrected chi connectivity index (χ1v) is 5.95. The average molecular weight is 239 g/mol. The molecule has 5 heteroatoms. The molecule has 1 saturated carbocycles. The number of carboxylic acids is 1. The van der Waals surface area contributed by atoms with Crippen molar-refractivity contribution in [3.8, 4) is 0 Å². The molecule has 1 aliphatic rings. The number of aryl methyl sites for hydroxylation is 1. The van der Waals surface area contributed by atoms with Crippen molar-refractivity contribution in [2.45, 2.75) is 20.3 Å². The van der Waals surface area contributed by atoms with Crippen LogP contribution < -0.4 is 5.32 Å². The summed E-state index contributed by atoms with van der Waals surface area (Å²) in [4.78, 5) is 23.5. The SMILES string of the molecule is Cc1cc(C(=O)O)c(NC(=O)C2CC2C)s1. The van der Waals surface area contributed by atoms with Crippen LogP contribution >= 0.6 is 11.3 Å². The fraction of sp³-hybridized carbons (Fsp3) is 0.455. The van der Waals surface area contributed by atoms with Crippen molar-refractivity contribution in [3.63, 3.8) is 0 Å². The van der Waals surface area contributed by atoms with Crippen LogP contribution in [0.1, 0.15) is 28.6 Å². The third-order valence-corrected chi connectivity index (χ3v) is 3.73. The topological polar surface area (TPSA) is 66.4 Å². The zero-order valence-corrected chi connectivity index (χ0v) is 9.93. The Balaban J connectivity index is 2.14. The minimum atomic E-state index is -0.997. The van der Waals surface area contributed by atoms with Crippen molar-refractivity contribution < 1.29 is 14.7 Å². The zero-order valence-electron chi connectivity index (χ0n) is 9.11. The van der Waals surface area contributed by atoms with E-state index in [4.69, 9.17) is 5.11 Å². The van der Waals surface area contributed by atoms with Gasteiger partial charge in [-0.25, -0.2) is 4.79 Å². The number of rotatable bonds is 3. The molecular formula is C11H13NO3S. The Bertz CT molecular complexity index is 452. The normalized spacial score (nSPS) is 22.9. The summed E-state index contributed by atoms with van der Waals surface area (Å²) in [5, 5.41) is 12.1. The van der Waals surface area contributed by atoms with Crippen LogP contribution in [0.4, 0.5) is 5.00 Å². The molecule has 0 bridgehead atoms. The van der Waals surface area contributed by atoms with Gasteiger partial charge in [-0.05, 0) is 25.3 Å². The Labute approximate surface area is 97.3 Å². The molecule has 0 aliphatic heterocycles. The molecule has 2 N–H and O–H groups in total. The van der Waals surface area contributed by atoms with Crippen LogP contribution in [0, 0.1) is 18.8 Å². The van der Waals surface area contributed by atoms with Gasteiger partial charge in [0, 0.05) is 10.8 Å². The third kappa shape index (κ3) is 2.09. The fourth-order valence-electron chi connectivity index (χ4n) is 1.66. The summed E-state index contributed by atoms with van der Waals surface area (Å²) in [5.74, 6) is -0.571. The summed E-state index contributed by atoms with van der Waals surface area (Å²) in [6.45, 7) is 3.84. The molecule has 1 aromatic rings. The molecular weight excluding hydrogens is 226 g/mol. The molecule has 2 rings (SSSR count). The number of carboxylic acid groups (broad SMARTS) is 1. The first-order chi connectivity index (χ1) is 7.49. The number of aromatic carboxylic acids is 1. The lowest BCUT2D eigenvalue weighted by atomic mass is 10.3. The first-order valence-electron chi connectivity index (χ1n) is 5.13. The molecule has 0 spiro atoms. The molecule has 1 aromatic heterocycles. The molecule has 0 radical (unpaired) electrons. The average Bonchev–Trinajstić information content (AvgIpc) is 2.79. The van der Waals surface area contributed by atoms with Crippen LogP contribution in [-0.4, -0.2) is 17.0 Å². The molecule has 16 heavy (non-hydrogen) atoms. The Kier molecular flexibility index (Phi) is 2.71. The lowest BCUT2D eigenvalue weighted by molar-refractivity contribution is -0.117. The van der Waals surface area contributed by atoms with Crippen molar-refractivity contribution in [2.24, 2.45) is 11.8 Å². The minimum absolute atomic E-state index is 0.0585. The van der Waals surface area contributed by atoms with E-state index < -0.39 is 5.97 Å². The highest BCUT2D eigenvalue weighted by atomic mass is 32.1. The highest BCUT2D eigenvalue weighted by Gasteiger charge is 2.39. The van der Waals surface area contributed by atoms with Gasteiger partial charge in [-0.2, -0.15) is 0 Å². The summed E-state index contributed by atoms with van der Waals surface area (Å²) in [6, 6.07) is 1.58. The lowest BCUT2D eigenvalue weighted by Gasteiger charge is -2.02. The minimum Gasteiger partial charge on any atom is -0.478 e. The second kappa shape index (κ2) is 3.90. The van der Waals surface area contributed by atoms with E-state index in [1.807, 2.05) is 13.8 Å². The fourth-order valence-corrected chi connectivity index (χ4v) is 2.56. The summed E-state index contributed by atoms with van der Waals surface area (Å²) in [6.07, 6.45) is 0.901. The molecule has 2 unspecified atom stereocenters. The maximum absolute atomic E-state index is 11.7. The standard InChI is InChI=1S/C11H13NO3S/c1-5-3-7(5)9(13)12-10-8(11(14)15)4-6(2)16-10/h4-5,7H,3H2,1-2H3,(H,12,13)(H,14,15). The van der Waals surface area contributed by atoms with Gasteiger partial charge in [0.05, 0.1) is 5.56 Å². The maximum Gasteiger partial charge on any atom is 0.338 e. The Hall–Kier alpha value is -1.36. The second-order valence-electron chi connectivity index (χ2n) is 4.21. The van der Waals surface area contributed by atoms with Gasteiger partial charge in [-0.15, -0.1) is 11.3 Å². The van der Waals surface area contributed by atoms with Crippen molar-refractivity contribution in [1.29, 1.82) is 0 Å². The molecule has 1 aliphatic carbocycles. The number of amides is 1. The lowest BCUT2D eigenvalue weighted by Crippen LogP contribution is -2.15. The number of hydrogen-bond donors (Lipinski definition) is 2. The molecule has 1 amide bonds. The highest BCUT2D eigenvalue weighted by Crippen LogP contribution is 2.39. The van der Waals surface area contributed by atoms with Crippen LogP contribution in [0.25, 0.3) is 0 Å². The van der Waals surface area contributed by atoms with Crippen LogP contribution in [0.3, 0.4) is 0 Å². The van der Waals surface area contributed by atoms with Crippen LogP contribution in [0.5, 0.6) is 0 Å². The van der Waals surface area contributed by atoms with Crippen LogP contribution in [0.15, 0.2) is 6.07 Å². The Morgan fingerprint density at radius 1 is 1.56 bits per heavy atom. The van der Waals surface area contributed by atoms with Crippen LogP contribution in [-0.2, 0) is 4.79 Å². The summed E-state index contributed by atoms with van der Waals surface area (Å²) < 4.78 is 0. The molecule has 0 saturated heterocycles. The van der Waals surface area contributed by atoms with E-state index in [0.717, 1.165) is 11.3 Å². The van der Waals surface area contributed by atoms with Gasteiger partial charge in [-0.3, -0.25) is 4.79 Å². The van der Waals surface area contributed by atoms with Gasteiger partial charge in [0.15, 0.2) is 0 Å². The maximum atomic E-state index is 11.7. The van der Waals surface area contributed by atoms with Gasteiger partial charge in [0.25, 0.3) is 0 Å². The van der Waals surface area contributed by atoms with Gasteiger partial charge in [-0.1, -0.05) is 6.92 Å². The quantitative estimate of drug-likeness (QED) is 0.850. The van der Waals surface area contributed by atoms with E-state index in [1.54, 1.807) is 6.07 Å². The Morgan fingerprint density at radius 3 is 2.69 bits per heavy atom. The summed E-state index contributed by atoms with van der Waals surface area (Å²) in [7, 11) is 0. The molecule has 0 aromatic carbocycles. The second-order valence-corrected chi connectivity index (χ2v) is 5.47. The van der Waals surface area contributed by atoms with E-state index in [-0.39, 0.29) is 17.4 Å². The van der Waals surface area contributed by atoms with Gasteiger partial charge in [0.1, 0.15) is 5.00 Å². The number of nitrogens with one attached hydrogen (secondary N) is 1. The van der Waals surface area contributed by atoms with Crippen molar-refractivity contribution in [3.05, 3.63) is 16.5 Å². The number of carbonyl (C=O) groups excluding carboxylic acids is 1. The van der Waals surface area contributed by atoms with Crippen LogP contribution in [0.2, 0.25) is 0 Å². The predicted octanol–water partition coefficient (Wildman–Crippen LogP) is 2.35. The predicted molar refractivity (Wildman–Crippen MR) is 61.9 cm³/mol. The number of carbonyl (C=O) groups is 2. The van der Waals surface area contributed by atoms with Crippen molar-refractivity contribution in [1.82, 2.24) is 0 Å². The van der Waals surface area contributed by atoms with E-state index in [9.17, 15) is 9.59 Å². The monoisotopic (exact) mass is 239 g/mol. The molecule has 2 atom stereocenters. The van der Waals surface area contributed by atoms with E-state index in [2.05, 4.69) is 5.32 Å². The molecule has 1 heterocycles. The third-order valence-electron chi connectivity index (χ3n) is 2.77. The van der Waals surface area contributed by atoms with E-state index in [1.165, 1.54) is 11.3 Å². The number of thiophene rings is 1. The van der Waals surface area contributed by atoms with Gasteiger partial charge >= 0.3 is 5.97 Å². The molecule has 1 fully saturated rings. The van der Waals surface area contributed by atoms with E-state index in [0.29, 0.717) is 10.9 Å². The number of hydrogen-bond acceptors (Lipinski definition) is 3. The highest BCUT2D eigenvalue weighted by molar-refractivity contribution is 7.16. The Morgan fingerprint density at radius 2 is 2.19 bits per heavy atom. The van der Waals surface area contributed by atoms with Gasteiger partial charge in [0.2, 0.25) is 5.91 Å². The molecule has 4 nitrogen and oxygen atoms in total. The molecule has 86 valence electrons. The van der Waals surface area contributed by atoms with Gasteiger partial charge < -0.3 is 10.4 Å². The van der Waals surface area contributed by atoms with E-state index >= 15 is 0 Å².